The van der Waals surface area contributed by atoms with Crippen LogP contribution in [0.15, 0.2) is 30.5 Å². The number of methoxy groups -OCH3 is 1. The van der Waals surface area contributed by atoms with Crippen molar-refractivity contribution >= 4 is 29.2 Å². The first kappa shape index (κ1) is 21.0. The van der Waals surface area contributed by atoms with Crippen molar-refractivity contribution in [2.45, 2.75) is 38.6 Å². The van der Waals surface area contributed by atoms with Gasteiger partial charge in [-0.05, 0) is 43.5 Å². The molecule has 1 aromatic carbocycles. The molecule has 1 aliphatic carbocycles. The summed E-state index contributed by atoms with van der Waals surface area (Å²) in [7, 11) is 1.48. The van der Waals surface area contributed by atoms with Crippen LogP contribution in [-0.4, -0.2) is 29.9 Å². The van der Waals surface area contributed by atoms with Crippen molar-refractivity contribution in [1.29, 1.82) is 0 Å². The summed E-state index contributed by atoms with van der Waals surface area (Å²) >= 11 is 5.98. The van der Waals surface area contributed by atoms with Gasteiger partial charge in [0, 0.05) is 35.0 Å². The molecule has 8 heteroatoms. The fraction of sp³-hybridized carbons (Fsp3) is 0.381. The lowest BCUT2D eigenvalue weighted by atomic mass is 9.85. The molecule has 0 radical (unpaired) electrons. The Hall–Kier alpha value is -2.67. The Labute approximate surface area is 173 Å². The van der Waals surface area contributed by atoms with Crippen LogP contribution < -0.4 is 15.4 Å². The van der Waals surface area contributed by atoms with Gasteiger partial charge in [-0.15, -0.1) is 0 Å². The van der Waals surface area contributed by atoms with E-state index < -0.39 is 5.82 Å². The van der Waals surface area contributed by atoms with Crippen molar-refractivity contribution in [3.8, 4) is 16.9 Å². The number of anilines is 1. The summed E-state index contributed by atoms with van der Waals surface area (Å²) in [6, 6.07) is 6.37. The molecule has 2 N–H and O–H groups in total. The molecule has 0 aliphatic heterocycles. The van der Waals surface area contributed by atoms with E-state index in [1.54, 1.807) is 18.2 Å². The summed E-state index contributed by atoms with van der Waals surface area (Å²) in [5.41, 5.74) is 0.763. The molecule has 0 unspecified atom stereocenters. The van der Waals surface area contributed by atoms with E-state index >= 15 is 0 Å². The molecule has 1 aromatic heterocycles. The maximum Gasteiger partial charge on any atom is 0.228 e. The average Bonchev–Trinajstić information content (AvgIpc) is 2.69. The SMILES string of the molecule is COc1cc(Cl)ccc1-c1cc(NC(=O)[C@H]2CCC[C@@H](NC(C)=O)C2)ncc1F. The molecular formula is C21H23ClFN3O3. The molecule has 1 aliphatic rings. The summed E-state index contributed by atoms with van der Waals surface area (Å²) in [5.74, 6) is -0.380. The molecule has 0 spiro atoms. The van der Waals surface area contributed by atoms with Crippen molar-refractivity contribution in [3.05, 3.63) is 41.3 Å². The number of carbonyl (C=O) groups excluding carboxylic acids is 2. The number of nitrogens with zero attached hydrogens (tertiary/aromatic N) is 1. The average molecular weight is 420 g/mol. The number of hydrogen-bond acceptors (Lipinski definition) is 4. The van der Waals surface area contributed by atoms with Crippen molar-refractivity contribution < 1.29 is 18.7 Å². The molecule has 1 saturated carbocycles. The van der Waals surface area contributed by atoms with Gasteiger partial charge in [-0.25, -0.2) is 9.37 Å². The number of nitrogens with one attached hydrogen (secondary N) is 2. The number of rotatable bonds is 5. The summed E-state index contributed by atoms with van der Waals surface area (Å²) < 4.78 is 19.7. The lowest BCUT2D eigenvalue weighted by molar-refractivity contribution is -0.123. The second-order valence-electron chi connectivity index (χ2n) is 7.14. The molecule has 2 amide bonds. The highest BCUT2D eigenvalue weighted by atomic mass is 35.5. The molecular weight excluding hydrogens is 397 g/mol. The summed E-state index contributed by atoms with van der Waals surface area (Å²) in [5, 5.41) is 6.12. The Kier molecular flexibility index (Phi) is 6.69. The number of carbonyl (C=O) groups is 2. The van der Waals surface area contributed by atoms with Crippen molar-refractivity contribution in [3.63, 3.8) is 0 Å². The Morgan fingerprint density at radius 2 is 2.03 bits per heavy atom. The molecule has 2 aromatic rings. The van der Waals surface area contributed by atoms with E-state index in [9.17, 15) is 14.0 Å². The quantitative estimate of drug-likeness (QED) is 0.761. The van der Waals surface area contributed by atoms with Crippen molar-refractivity contribution in [1.82, 2.24) is 10.3 Å². The summed E-state index contributed by atoms with van der Waals surface area (Å²) in [6.45, 7) is 1.47. The Morgan fingerprint density at radius 3 is 2.76 bits per heavy atom. The van der Waals surface area contributed by atoms with Crippen molar-refractivity contribution in [2.24, 2.45) is 5.92 Å². The number of ether oxygens (including phenoxy) is 1. The van der Waals surface area contributed by atoms with Crippen LogP contribution in [0, 0.1) is 11.7 Å². The summed E-state index contributed by atoms with van der Waals surface area (Å²) in [6.07, 6.45) is 4.09. The number of benzene rings is 1. The van der Waals surface area contributed by atoms with Crippen LogP contribution >= 0.6 is 11.6 Å². The first-order valence-electron chi connectivity index (χ1n) is 9.44. The first-order chi connectivity index (χ1) is 13.9. The first-order valence-corrected chi connectivity index (χ1v) is 9.82. The van der Waals surface area contributed by atoms with E-state index in [0.29, 0.717) is 22.8 Å². The third-order valence-corrected chi connectivity index (χ3v) is 5.25. The third kappa shape index (κ3) is 5.23. The molecule has 3 rings (SSSR count). The molecule has 0 bridgehead atoms. The highest BCUT2D eigenvalue weighted by molar-refractivity contribution is 6.30. The minimum atomic E-state index is -0.535. The van der Waals surface area contributed by atoms with Crippen LogP contribution in [0.2, 0.25) is 5.02 Å². The van der Waals surface area contributed by atoms with Crippen LogP contribution in [-0.2, 0) is 9.59 Å². The standard InChI is InChI=1S/C21H23ClFN3O3/c1-12(27)25-15-5-3-4-13(8-15)21(28)26-20-10-17(18(23)11-24-20)16-7-6-14(22)9-19(16)29-2/h6-7,9-11,13,15H,3-5,8H2,1-2H3,(H,25,27)(H,24,26,28)/t13-,15+/m0/s1. The zero-order chi connectivity index (χ0) is 21.0. The predicted octanol–water partition coefficient (Wildman–Crippen LogP) is 4.18. The maximum atomic E-state index is 14.4. The molecule has 0 saturated heterocycles. The largest absolute Gasteiger partial charge is 0.496 e. The van der Waals surface area contributed by atoms with Gasteiger partial charge in [-0.1, -0.05) is 18.0 Å². The van der Waals surface area contributed by atoms with Crippen molar-refractivity contribution in [2.75, 3.05) is 12.4 Å². The predicted molar refractivity (Wildman–Crippen MR) is 109 cm³/mol. The fourth-order valence-corrected chi connectivity index (χ4v) is 3.84. The van der Waals surface area contributed by atoms with Gasteiger partial charge in [0.15, 0.2) is 0 Å². The van der Waals surface area contributed by atoms with Crippen LogP contribution in [0.25, 0.3) is 11.1 Å². The van der Waals surface area contributed by atoms with Crippen LogP contribution in [0.3, 0.4) is 0 Å². The van der Waals surface area contributed by atoms with Gasteiger partial charge in [-0.3, -0.25) is 9.59 Å². The third-order valence-electron chi connectivity index (χ3n) is 5.01. The molecule has 6 nitrogen and oxygen atoms in total. The number of pyridine rings is 1. The topological polar surface area (TPSA) is 80.3 Å². The van der Waals surface area contributed by atoms with Gasteiger partial charge in [-0.2, -0.15) is 0 Å². The van der Waals surface area contributed by atoms with Gasteiger partial charge in [0.2, 0.25) is 11.8 Å². The number of amides is 2. The Balaban J connectivity index is 1.78. The second kappa shape index (κ2) is 9.22. The molecule has 1 fully saturated rings. The number of hydrogen-bond donors (Lipinski definition) is 2. The fourth-order valence-electron chi connectivity index (χ4n) is 3.68. The number of halogens is 2. The van der Waals surface area contributed by atoms with E-state index in [2.05, 4.69) is 15.6 Å². The van der Waals surface area contributed by atoms with E-state index in [1.165, 1.54) is 20.1 Å². The number of aromatic nitrogens is 1. The lowest BCUT2D eigenvalue weighted by Gasteiger charge is -2.28. The van der Waals surface area contributed by atoms with E-state index in [-0.39, 0.29) is 35.2 Å². The highest BCUT2D eigenvalue weighted by Crippen LogP contribution is 2.35. The zero-order valence-electron chi connectivity index (χ0n) is 16.3. The van der Waals surface area contributed by atoms with Gasteiger partial charge in [0.25, 0.3) is 0 Å². The molecule has 154 valence electrons. The Bertz CT molecular complexity index is 922. The summed E-state index contributed by atoms with van der Waals surface area (Å²) in [4.78, 5) is 28.0. The molecule has 2 atom stereocenters. The normalized spacial score (nSPS) is 18.8. The van der Waals surface area contributed by atoms with Gasteiger partial charge >= 0.3 is 0 Å². The molecule has 29 heavy (non-hydrogen) atoms. The highest BCUT2D eigenvalue weighted by Gasteiger charge is 2.28. The molecule has 1 heterocycles. The Morgan fingerprint density at radius 1 is 1.24 bits per heavy atom. The van der Waals surface area contributed by atoms with Gasteiger partial charge in [0.05, 0.1) is 13.3 Å². The second-order valence-corrected chi connectivity index (χ2v) is 7.58. The van der Waals surface area contributed by atoms with Crippen LogP contribution in [0.5, 0.6) is 5.75 Å². The van der Waals surface area contributed by atoms with Gasteiger partial charge in [0.1, 0.15) is 17.4 Å². The lowest BCUT2D eigenvalue weighted by Crippen LogP contribution is -2.40. The van der Waals surface area contributed by atoms with Crippen LogP contribution in [0.1, 0.15) is 32.6 Å². The van der Waals surface area contributed by atoms with E-state index in [4.69, 9.17) is 16.3 Å². The minimum Gasteiger partial charge on any atom is -0.496 e. The van der Waals surface area contributed by atoms with E-state index in [1.807, 2.05) is 0 Å². The smallest absolute Gasteiger partial charge is 0.228 e. The van der Waals surface area contributed by atoms with E-state index in [0.717, 1.165) is 25.5 Å². The minimum absolute atomic E-state index is 0.00735. The van der Waals surface area contributed by atoms with Crippen LogP contribution in [0.4, 0.5) is 10.2 Å². The maximum absolute atomic E-state index is 14.4. The monoisotopic (exact) mass is 419 g/mol. The van der Waals surface area contributed by atoms with Gasteiger partial charge < -0.3 is 15.4 Å². The zero-order valence-corrected chi connectivity index (χ0v) is 17.1.